The molecule has 90 valence electrons. The number of rotatable bonds is 10. The molecule has 0 aliphatic heterocycles. The van der Waals surface area contributed by atoms with E-state index < -0.39 is 0 Å². The van der Waals surface area contributed by atoms with Crippen molar-refractivity contribution in [2.45, 2.75) is 55.9 Å². The number of halogens is 1. The minimum Gasteiger partial charge on any atom is -0.396 e. The normalized spacial score (nSPS) is 14.9. The van der Waals surface area contributed by atoms with Gasteiger partial charge in [-0.3, -0.25) is 0 Å². The lowest BCUT2D eigenvalue weighted by Crippen LogP contribution is -2.02. The van der Waals surface area contributed by atoms with Crippen molar-refractivity contribution in [3.8, 4) is 0 Å². The average molecular weight is 279 g/mol. The van der Waals surface area contributed by atoms with E-state index in [1.807, 2.05) is 0 Å². The first-order chi connectivity index (χ1) is 7.20. The summed E-state index contributed by atoms with van der Waals surface area (Å²) in [7, 11) is 0. The highest BCUT2D eigenvalue weighted by Crippen LogP contribution is 2.16. The van der Waals surface area contributed by atoms with E-state index in [-0.39, 0.29) is 12.7 Å². The van der Waals surface area contributed by atoms with Crippen LogP contribution in [0.1, 0.15) is 44.9 Å². The molecule has 15 heavy (non-hydrogen) atoms. The zero-order valence-electron chi connectivity index (χ0n) is 9.37. The van der Waals surface area contributed by atoms with Gasteiger partial charge in [0.05, 0.1) is 6.10 Å². The van der Waals surface area contributed by atoms with Crippen molar-refractivity contribution < 1.29 is 10.2 Å². The van der Waals surface area contributed by atoms with E-state index in [4.69, 9.17) is 5.11 Å². The second-order valence-corrected chi connectivity index (χ2v) is 5.20. The molecule has 0 aromatic heterocycles. The van der Waals surface area contributed by atoms with E-state index in [9.17, 15) is 5.11 Å². The Bertz CT molecular complexity index is 151. The van der Waals surface area contributed by atoms with Crippen LogP contribution in [0.15, 0.2) is 12.7 Å². The fourth-order valence-corrected chi connectivity index (χ4v) is 2.12. The maximum absolute atomic E-state index is 9.23. The quantitative estimate of drug-likeness (QED) is 0.366. The van der Waals surface area contributed by atoms with Gasteiger partial charge in [0.2, 0.25) is 0 Å². The largest absolute Gasteiger partial charge is 0.396 e. The van der Waals surface area contributed by atoms with Gasteiger partial charge in [0.1, 0.15) is 0 Å². The van der Waals surface area contributed by atoms with Crippen LogP contribution in [0.3, 0.4) is 0 Å². The minimum atomic E-state index is -0.334. The molecular formula is C12H23BrO2. The summed E-state index contributed by atoms with van der Waals surface area (Å²) >= 11 is 3.60. The Morgan fingerprint density at radius 1 is 1.07 bits per heavy atom. The van der Waals surface area contributed by atoms with Crippen molar-refractivity contribution in [1.82, 2.24) is 0 Å². The second kappa shape index (κ2) is 10.7. The molecule has 0 bridgehead atoms. The molecular weight excluding hydrogens is 256 g/mol. The molecule has 0 saturated carbocycles. The molecule has 3 heteroatoms. The van der Waals surface area contributed by atoms with Crippen LogP contribution in [0.2, 0.25) is 0 Å². The van der Waals surface area contributed by atoms with Crippen LogP contribution in [0.5, 0.6) is 0 Å². The van der Waals surface area contributed by atoms with Crippen molar-refractivity contribution in [2.75, 3.05) is 6.61 Å². The molecule has 0 heterocycles. The van der Waals surface area contributed by atoms with Gasteiger partial charge in [-0.05, 0) is 25.7 Å². The number of hydrogen-bond acceptors (Lipinski definition) is 2. The summed E-state index contributed by atoms with van der Waals surface area (Å²) in [6.07, 6.45) is 8.58. The van der Waals surface area contributed by atoms with Crippen molar-refractivity contribution >= 4 is 15.9 Å². The number of unbranched alkanes of at least 4 members (excludes halogenated alkanes) is 2. The monoisotopic (exact) mass is 278 g/mol. The second-order valence-electron chi connectivity index (χ2n) is 3.90. The highest BCUT2D eigenvalue weighted by Gasteiger charge is 2.03. The summed E-state index contributed by atoms with van der Waals surface area (Å²) in [4.78, 5) is 0.536. The van der Waals surface area contributed by atoms with Crippen molar-refractivity contribution in [3.63, 3.8) is 0 Å². The Labute approximate surface area is 102 Å². The summed E-state index contributed by atoms with van der Waals surface area (Å²) < 4.78 is 0. The summed E-state index contributed by atoms with van der Waals surface area (Å²) in [6, 6.07) is 0. The molecule has 0 saturated heterocycles. The molecule has 0 aliphatic rings. The van der Waals surface area contributed by atoms with Gasteiger partial charge >= 0.3 is 0 Å². The smallest absolute Gasteiger partial charge is 0.0718 e. The van der Waals surface area contributed by atoms with Crippen molar-refractivity contribution in [3.05, 3.63) is 12.7 Å². The lowest BCUT2D eigenvalue weighted by Gasteiger charge is -2.09. The van der Waals surface area contributed by atoms with Crippen LogP contribution in [0.25, 0.3) is 0 Å². The Morgan fingerprint density at radius 2 is 1.67 bits per heavy atom. The van der Waals surface area contributed by atoms with E-state index in [1.165, 1.54) is 6.42 Å². The lowest BCUT2D eigenvalue weighted by atomic mass is 10.1. The topological polar surface area (TPSA) is 40.5 Å². The zero-order chi connectivity index (χ0) is 11.5. The molecule has 2 N–H and O–H groups in total. The van der Waals surface area contributed by atoms with Gasteiger partial charge in [-0.2, -0.15) is 0 Å². The predicted octanol–water partition coefficient (Wildman–Crippen LogP) is 3.02. The molecule has 0 spiro atoms. The van der Waals surface area contributed by atoms with Gasteiger partial charge in [0, 0.05) is 11.4 Å². The van der Waals surface area contributed by atoms with Crippen LogP contribution in [0.4, 0.5) is 0 Å². The van der Waals surface area contributed by atoms with Gasteiger partial charge in [-0.15, -0.1) is 6.58 Å². The Hall–Kier alpha value is 0.140. The van der Waals surface area contributed by atoms with E-state index in [2.05, 4.69) is 22.5 Å². The summed E-state index contributed by atoms with van der Waals surface area (Å²) in [5, 5.41) is 17.9. The lowest BCUT2D eigenvalue weighted by molar-refractivity contribution is 0.208. The van der Waals surface area contributed by atoms with Crippen molar-refractivity contribution in [1.29, 1.82) is 0 Å². The number of alkyl halides is 1. The van der Waals surface area contributed by atoms with Crippen LogP contribution in [0, 0.1) is 0 Å². The number of aliphatic hydroxyl groups is 2. The van der Waals surface area contributed by atoms with Gasteiger partial charge in [0.25, 0.3) is 0 Å². The first-order valence-corrected chi connectivity index (χ1v) is 6.67. The first kappa shape index (κ1) is 15.1. The molecule has 0 aromatic carbocycles. The molecule has 0 aromatic rings. The molecule has 2 unspecified atom stereocenters. The van der Waals surface area contributed by atoms with Crippen LogP contribution >= 0.6 is 15.9 Å². The molecule has 0 rings (SSSR count). The summed E-state index contributed by atoms with van der Waals surface area (Å²) in [5.41, 5.74) is 0. The number of hydrogen-bond donors (Lipinski definition) is 2. The molecule has 2 atom stereocenters. The maximum Gasteiger partial charge on any atom is 0.0718 e. The van der Waals surface area contributed by atoms with E-state index in [1.54, 1.807) is 6.08 Å². The van der Waals surface area contributed by atoms with Crippen LogP contribution in [-0.2, 0) is 0 Å². The van der Waals surface area contributed by atoms with E-state index in [0.717, 1.165) is 38.5 Å². The predicted molar refractivity (Wildman–Crippen MR) is 68.3 cm³/mol. The fraction of sp³-hybridized carbons (Fsp3) is 0.833. The number of aliphatic hydroxyl groups excluding tert-OH is 2. The van der Waals surface area contributed by atoms with Gasteiger partial charge in [0.15, 0.2) is 0 Å². The highest BCUT2D eigenvalue weighted by molar-refractivity contribution is 9.09. The molecule has 0 amide bonds. The van der Waals surface area contributed by atoms with Crippen LogP contribution in [-0.4, -0.2) is 27.8 Å². The average Bonchev–Trinajstić information content (AvgIpc) is 2.25. The van der Waals surface area contributed by atoms with Gasteiger partial charge < -0.3 is 10.2 Å². The zero-order valence-corrected chi connectivity index (χ0v) is 11.0. The summed E-state index contributed by atoms with van der Waals surface area (Å²) in [5.74, 6) is 0. The third-order valence-corrected chi connectivity index (χ3v) is 3.38. The Morgan fingerprint density at radius 3 is 2.27 bits per heavy atom. The standard InChI is InChI=1S/C12H23BrO2/c1-2-12(15)9-5-3-4-7-11(13)8-6-10-14/h2,11-12,14-15H,1,3-10H2. The highest BCUT2D eigenvalue weighted by atomic mass is 79.9. The third-order valence-electron chi connectivity index (χ3n) is 2.46. The fourth-order valence-electron chi connectivity index (χ4n) is 1.47. The van der Waals surface area contributed by atoms with E-state index in [0.29, 0.717) is 4.83 Å². The molecule has 2 nitrogen and oxygen atoms in total. The van der Waals surface area contributed by atoms with Gasteiger partial charge in [-0.1, -0.05) is 41.3 Å². The minimum absolute atomic E-state index is 0.285. The first-order valence-electron chi connectivity index (χ1n) is 5.76. The van der Waals surface area contributed by atoms with Crippen molar-refractivity contribution in [2.24, 2.45) is 0 Å². The SMILES string of the molecule is C=CC(O)CCCCCC(Br)CCCO. The molecule has 0 fully saturated rings. The maximum atomic E-state index is 9.23. The summed E-state index contributed by atoms with van der Waals surface area (Å²) in [6.45, 7) is 3.83. The van der Waals surface area contributed by atoms with Crippen LogP contribution < -0.4 is 0 Å². The van der Waals surface area contributed by atoms with E-state index >= 15 is 0 Å². The Kier molecular flexibility index (Phi) is 10.8. The van der Waals surface area contributed by atoms with Gasteiger partial charge in [-0.25, -0.2) is 0 Å². The third kappa shape index (κ3) is 10.4. The Balaban J connectivity index is 3.19. The molecule has 0 aliphatic carbocycles. The molecule has 0 radical (unpaired) electrons.